The molecule has 0 spiro atoms. The topological polar surface area (TPSA) is 43.4 Å². The Kier molecular flexibility index (Phi) is 2.99. The zero-order valence-corrected chi connectivity index (χ0v) is 9.71. The minimum atomic E-state index is -3.72. The zero-order valence-electron chi connectivity index (χ0n) is 8.89. The summed E-state index contributed by atoms with van der Waals surface area (Å²) in [6.07, 6.45) is -0.489. The molecule has 0 unspecified atom stereocenters. The van der Waals surface area contributed by atoms with E-state index < -0.39 is 16.3 Å². The van der Waals surface area contributed by atoms with E-state index in [1.807, 2.05) is 6.92 Å². The Balaban J connectivity index is 2.03. The van der Waals surface area contributed by atoms with Gasteiger partial charge in [0.15, 0.2) is 0 Å². The first-order valence-electron chi connectivity index (χ1n) is 5.09. The quantitative estimate of drug-likeness (QED) is 0.761. The van der Waals surface area contributed by atoms with Crippen LogP contribution in [-0.2, 0) is 14.3 Å². The molecule has 0 radical (unpaired) electrons. The van der Waals surface area contributed by atoms with Crippen molar-refractivity contribution in [3.8, 4) is 0 Å². The molecule has 1 aromatic rings. The van der Waals surface area contributed by atoms with Crippen LogP contribution in [0.5, 0.6) is 0 Å². The van der Waals surface area contributed by atoms with E-state index in [0.717, 1.165) is 5.56 Å². The molecule has 0 saturated heterocycles. The predicted octanol–water partition coefficient (Wildman–Crippen LogP) is 2.06. The van der Waals surface area contributed by atoms with Gasteiger partial charge in [-0.2, -0.15) is 8.42 Å². The number of halogens is 1. The maximum absolute atomic E-state index is 12.5. The van der Waals surface area contributed by atoms with Gasteiger partial charge in [0.2, 0.25) is 0 Å². The van der Waals surface area contributed by atoms with E-state index in [1.165, 1.54) is 12.1 Å². The second kappa shape index (κ2) is 4.14. The van der Waals surface area contributed by atoms with Gasteiger partial charge in [-0.15, -0.1) is 0 Å². The van der Waals surface area contributed by atoms with Crippen LogP contribution in [0.4, 0.5) is 4.39 Å². The minimum Gasteiger partial charge on any atom is -0.266 e. The van der Waals surface area contributed by atoms with Gasteiger partial charge in [0.05, 0.1) is 11.5 Å². The summed E-state index contributed by atoms with van der Waals surface area (Å²) in [4.78, 5) is 0.120. The van der Waals surface area contributed by atoms with Gasteiger partial charge < -0.3 is 0 Å². The summed E-state index contributed by atoms with van der Waals surface area (Å²) in [5, 5.41) is 0. The van der Waals surface area contributed by atoms with Crippen LogP contribution in [0.1, 0.15) is 12.0 Å². The molecule has 0 heterocycles. The lowest BCUT2D eigenvalue weighted by Crippen LogP contribution is -2.09. The monoisotopic (exact) mass is 244 g/mol. The maximum atomic E-state index is 12.5. The van der Waals surface area contributed by atoms with Crippen LogP contribution in [0.15, 0.2) is 29.2 Å². The molecule has 16 heavy (non-hydrogen) atoms. The Bertz CT molecular complexity index is 467. The molecule has 0 aromatic heterocycles. The van der Waals surface area contributed by atoms with Crippen molar-refractivity contribution in [3.63, 3.8) is 0 Å². The number of benzene rings is 1. The summed E-state index contributed by atoms with van der Waals surface area (Å²) in [5.74, 6) is -0.250. The molecule has 2 atom stereocenters. The van der Waals surface area contributed by atoms with Gasteiger partial charge in [-0.25, -0.2) is 4.39 Å². The maximum Gasteiger partial charge on any atom is 0.296 e. The summed E-state index contributed by atoms with van der Waals surface area (Å²) < 4.78 is 40.6. The van der Waals surface area contributed by atoms with Crippen LogP contribution in [0.25, 0.3) is 0 Å². The summed E-state index contributed by atoms with van der Waals surface area (Å²) in [7, 11) is -3.72. The molecule has 1 aliphatic carbocycles. The molecule has 1 aromatic carbocycles. The number of aryl methyl sites for hydroxylation is 1. The van der Waals surface area contributed by atoms with Gasteiger partial charge >= 0.3 is 0 Å². The molecule has 1 fully saturated rings. The first-order valence-corrected chi connectivity index (χ1v) is 6.50. The number of hydrogen-bond donors (Lipinski definition) is 0. The Hall–Kier alpha value is -0.940. The van der Waals surface area contributed by atoms with Crippen LogP contribution < -0.4 is 0 Å². The van der Waals surface area contributed by atoms with Crippen LogP contribution in [0.2, 0.25) is 0 Å². The molecular weight excluding hydrogens is 231 g/mol. The highest BCUT2D eigenvalue weighted by atomic mass is 32.2. The number of rotatable bonds is 4. The van der Waals surface area contributed by atoms with E-state index in [1.54, 1.807) is 12.1 Å². The summed E-state index contributed by atoms with van der Waals surface area (Å²) in [6.45, 7) is 1.81. The van der Waals surface area contributed by atoms with Crippen molar-refractivity contribution in [3.05, 3.63) is 29.8 Å². The Labute approximate surface area is 94.4 Å². The van der Waals surface area contributed by atoms with Crippen LogP contribution in [0, 0.1) is 12.8 Å². The normalized spacial score (nSPS) is 24.4. The fourth-order valence-electron chi connectivity index (χ4n) is 1.33. The smallest absolute Gasteiger partial charge is 0.266 e. The fraction of sp³-hybridized carbons (Fsp3) is 0.455. The molecule has 0 aliphatic heterocycles. The first kappa shape index (κ1) is 11.5. The highest BCUT2D eigenvalue weighted by Gasteiger charge is 2.38. The third-order valence-electron chi connectivity index (χ3n) is 2.58. The molecule has 0 bridgehead atoms. The average molecular weight is 244 g/mol. The van der Waals surface area contributed by atoms with Crippen molar-refractivity contribution in [2.24, 2.45) is 5.92 Å². The summed E-state index contributed by atoms with van der Waals surface area (Å²) in [5.41, 5.74) is 0.977. The van der Waals surface area contributed by atoms with E-state index in [2.05, 4.69) is 0 Å². The van der Waals surface area contributed by atoms with Crippen LogP contribution in [0.3, 0.4) is 0 Å². The van der Waals surface area contributed by atoms with Crippen LogP contribution >= 0.6 is 0 Å². The lowest BCUT2D eigenvalue weighted by atomic mass is 10.2. The van der Waals surface area contributed by atoms with Crippen molar-refractivity contribution in [2.45, 2.75) is 24.4 Å². The second-order valence-electron chi connectivity index (χ2n) is 4.06. The van der Waals surface area contributed by atoms with Crippen molar-refractivity contribution >= 4 is 10.1 Å². The van der Waals surface area contributed by atoms with E-state index in [4.69, 9.17) is 4.18 Å². The van der Waals surface area contributed by atoms with Crippen molar-refractivity contribution in [1.82, 2.24) is 0 Å². The molecule has 2 rings (SSSR count). The standard InChI is InChI=1S/C11H13FO3S/c1-8-2-4-10(5-3-8)16(13,14)15-7-9-6-11(9)12/h2-5,9,11H,6-7H2,1H3/t9-,11-/m0/s1. The predicted molar refractivity (Wildman–Crippen MR) is 57.3 cm³/mol. The SMILES string of the molecule is Cc1ccc(S(=O)(=O)OC[C@@H]2C[C@@H]2F)cc1. The Morgan fingerprint density at radius 3 is 2.44 bits per heavy atom. The van der Waals surface area contributed by atoms with E-state index in [0.29, 0.717) is 6.42 Å². The van der Waals surface area contributed by atoms with Gasteiger partial charge in [0, 0.05) is 5.92 Å². The first-order chi connectivity index (χ1) is 7.49. The largest absolute Gasteiger partial charge is 0.296 e. The van der Waals surface area contributed by atoms with Gasteiger partial charge in [0.1, 0.15) is 6.17 Å². The molecule has 1 saturated carbocycles. The molecular formula is C11H13FO3S. The Morgan fingerprint density at radius 1 is 1.38 bits per heavy atom. The zero-order chi connectivity index (χ0) is 11.8. The molecule has 5 heteroatoms. The van der Waals surface area contributed by atoms with E-state index >= 15 is 0 Å². The lowest BCUT2D eigenvalue weighted by molar-refractivity contribution is 0.283. The van der Waals surface area contributed by atoms with Crippen LogP contribution in [-0.4, -0.2) is 21.2 Å². The van der Waals surface area contributed by atoms with E-state index in [-0.39, 0.29) is 17.4 Å². The molecule has 88 valence electrons. The summed E-state index contributed by atoms with van der Waals surface area (Å²) >= 11 is 0. The highest BCUT2D eigenvalue weighted by Crippen LogP contribution is 2.34. The molecule has 3 nitrogen and oxygen atoms in total. The molecule has 1 aliphatic rings. The third-order valence-corrected chi connectivity index (χ3v) is 3.88. The van der Waals surface area contributed by atoms with Crippen molar-refractivity contribution in [1.29, 1.82) is 0 Å². The molecule has 0 N–H and O–H groups in total. The number of hydrogen-bond acceptors (Lipinski definition) is 3. The van der Waals surface area contributed by atoms with E-state index in [9.17, 15) is 12.8 Å². The van der Waals surface area contributed by atoms with Gasteiger partial charge in [-0.1, -0.05) is 17.7 Å². The summed E-state index contributed by atoms with van der Waals surface area (Å²) in [6, 6.07) is 6.38. The van der Waals surface area contributed by atoms with Gasteiger partial charge in [-0.3, -0.25) is 4.18 Å². The minimum absolute atomic E-state index is 0.0582. The average Bonchev–Trinajstić information content (AvgIpc) is 2.93. The lowest BCUT2D eigenvalue weighted by Gasteiger charge is -2.04. The van der Waals surface area contributed by atoms with Gasteiger partial charge in [-0.05, 0) is 25.5 Å². The highest BCUT2D eigenvalue weighted by molar-refractivity contribution is 7.86. The number of alkyl halides is 1. The second-order valence-corrected chi connectivity index (χ2v) is 5.68. The van der Waals surface area contributed by atoms with Crippen molar-refractivity contribution < 1.29 is 17.0 Å². The third kappa shape index (κ3) is 2.59. The van der Waals surface area contributed by atoms with Crippen molar-refractivity contribution in [2.75, 3.05) is 6.61 Å². The fourth-order valence-corrected chi connectivity index (χ4v) is 2.29. The van der Waals surface area contributed by atoms with Gasteiger partial charge in [0.25, 0.3) is 10.1 Å². The molecule has 0 amide bonds. The Morgan fingerprint density at radius 2 is 1.94 bits per heavy atom.